The zero-order chi connectivity index (χ0) is 13.2. The van der Waals surface area contributed by atoms with Gasteiger partial charge >= 0.3 is 0 Å². The highest BCUT2D eigenvalue weighted by Gasteiger charge is 2.39. The zero-order valence-electron chi connectivity index (χ0n) is 11.1. The van der Waals surface area contributed by atoms with Gasteiger partial charge in [-0.25, -0.2) is 0 Å². The number of hydrogen-bond acceptors (Lipinski definition) is 4. The van der Waals surface area contributed by atoms with Crippen LogP contribution in [0, 0.1) is 11.3 Å². The monoisotopic (exact) mass is 246 g/mol. The highest BCUT2D eigenvalue weighted by Crippen LogP contribution is 2.41. The molecule has 0 amide bonds. The van der Waals surface area contributed by atoms with E-state index in [2.05, 4.69) is 6.07 Å². The zero-order valence-corrected chi connectivity index (χ0v) is 11.1. The number of fused-ring (bicyclic) bond motifs is 1. The van der Waals surface area contributed by atoms with Crippen molar-refractivity contribution in [2.24, 2.45) is 0 Å². The van der Waals surface area contributed by atoms with E-state index in [0.29, 0.717) is 6.61 Å². The normalized spacial score (nSPS) is 22.6. The van der Waals surface area contributed by atoms with Crippen LogP contribution in [0.2, 0.25) is 0 Å². The average molecular weight is 246 g/mol. The molecule has 18 heavy (non-hydrogen) atoms. The summed E-state index contributed by atoms with van der Waals surface area (Å²) in [7, 11) is 5.48. The van der Waals surface area contributed by atoms with Gasteiger partial charge in [-0.1, -0.05) is 0 Å². The molecule has 4 heteroatoms. The minimum Gasteiger partial charge on any atom is -0.497 e. The van der Waals surface area contributed by atoms with Crippen LogP contribution < -0.4 is 9.47 Å². The van der Waals surface area contributed by atoms with Gasteiger partial charge in [0.25, 0.3) is 0 Å². The van der Waals surface area contributed by atoms with Gasteiger partial charge in [-0.05, 0) is 45.1 Å². The van der Waals surface area contributed by atoms with E-state index in [1.165, 1.54) is 0 Å². The Bertz CT molecular complexity index is 479. The maximum absolute atomic E-state index is 9.66. The summed E-state index contributed by atoms with van der Waals surface area (Å²) >= 11 is 0. The molecule has 0 saturated carbocycles. The predicted octanol–water partition coefficient (Wildman–Crippen LogP) is 2.15. The second kappa shape index (κ2) is 4.87. The van der Waals surface area contributed by atoms with Crippen LogP contribution in [0.15, 0.2) is 18.2 Å². The molecular formula is C14H18N2O2. The quantitative estimate of drug-likeness (QED) is 0.802. The van der Waals surface area contributed by atoms with E-state index in [1.54, 1.807) is 7.11 Å². The van der Waals surface area contributed by atoms with Crippen molar-refractivity contribution in [1.29, 1.82) is 5.26 Å². The molecule has 1 unspecified atom stereocenters. The van der Waals surface area contributed by atoms with Gasteiger partial charge in [-0.2, -0.15) is 5.26 Å². The van der Waals surface area contributed by atoms with Gasteiger partial charge in [-0.15, -0.1) is 0 Å². The Kier molecular flexibility index (Phi) is 3.44. The van der Waals surface area contributed by atoms with E-state index in [-0.39, 0.29) is 0 Å². The molecule has 0 radical (unpaired) electrons. The maximum atomic E-state index is 9.66. The van der Waals surface area contributed by atoms with Crippen molar-refractivity contribution < 1.29 is 9.47 Å². The van der Waals surface area contributed by atoms with Crippen molar-refractivity contribution in [3.63, 3.8) is 0 Å². The minimum atomic E-state index is -0.639. The Morgan fingerprint density at radius 3 is 2.83 bits per heavy atom. The van der Waals surface area contributed by atoms with Crippen LogP contribution in [-0.4, -0.2) is 32.7 Å². The molecular weight excluding hydrogens is 228 g/mol. The molecule has 4 nitrogen and oxygen atoms in total. The van der Waals surface area contributed by atoms with Crippen molar-refractivity contribution >= 4 is 0 Å². The second-order valence-corrected chi connectivity index (χ2v) is 4.68. The fourth-order valence-corrected chi connectivity index (χ4v) is 2.41. The fourth-order valence-electron chi connectivity index (χ4n) is 2.41. The second-order valence-electron chi connectivity index (χ2n) is 4.68. The number of rotatable bonds is 2. The van der Waals surface area contributed by atoms with E-state index in [1.807, 2.05) is 37.2 Å². The molecule has 0 saturated heterocycles. The molecule has 96 valence electrons. The number of nitriles is 1. The van der Waals surface area contributed by atoms with Gasteiger partial charge in [0.2, 0.25) is 0 Å². The van der Waals surface area contributed by atoms with Gasteiger partial charge in [0.05, 0.1) is 19.8 Å². The molecule has 1 aliphatic rings. The SMILES string of the molecule is COc1ccc2c(c1)C(C#N)(N(C)C)CCCO2. The topological polar surface area (TPSA) is 45.5 Å². The Hall–Kier alpha value is -1.73. The minimum absolute atomic E-state index is 0.639. The molecule has 0 aliphatic carbocycles. The first-order chi connectivity index (χ1) is 8.64. The molecule has 1 atom stereocenters. The summed E-state index contributed by atoms with van der Waals surface area (Å²) in [4.78, 5) is 1.96. The third-order valence-electron chi connectivity index (χ3n) is 3.52. The highest BCUT2D eigenvalue weighted by atomic mass is 16.5. The largest absolute Gasteiger partial charge is 0.497 e. The summed E-state index contributed by atoms with van der Waals surface area (Å²) < 4.78 is 11.0. The lowest BCUT2D eigenvalue weighted by atomic mass is 9.85. The van der Waals surface area contributed by atoms with Gasteiger partial charge < -0.3 is 9.47 Å². The molecule has 1 aliphatic heterocycles. The van der Waals surface area contributed by atoms with Crippen LogP contribution in [0.3, 0.4) is 0 Å². The number of methoxy groups -OCH3 is 1. The number of ether oxygens (including phenoxy) is 2. The van der Waals surface area contributed by atoms with E-state index < -0.39 is 5.54 Å². The fraction of sp³-hybridized carbons (Fsp3) is 0.500. The molecule has 1 heterocycles. The van der Waals surface area contributed by atoms with Crippen LogP contribution in [0.5, 0.6) is 11.5 Å². The Morgan fingerprint density at radius 1 is 1.44 bits per heavy atom. The van der Waals surface area contributed by atoms with Crippen LogP contribution in [0.25, 0.3) is 0 Å². The van der Waals surface area contributed by atoms with Crippen molar-refractivity contribution in [2.75, 3.05) is 27.8 Å². The molecule has 0 spiro atoms. The maximum Gasteiger partial charge on any atom is 0.138 e. The number of nitrogens with zero attached hydrogens (tertiary/aromatic N) is 2. The summed E-state index contributed by atoms with van der Waals surface area (Å²) in [6, 6.07) is 8.11. The number of benzene rings is 1. The first-order valence-electron chi connectivity index (χ1n) is 6.04. The standard InChI is InChI=1S/C14H18N2O2/c1-16(2)14(10-15)7-4-8-18-13-6-5-11(17-3)9-12(13)14/h5-6,9H,4,7-8H2,1-3H3. The van der Waals surface area contributed by atoms with Crippen LogP contribution in [0.4, 0.5) is 0 Å². The Balaban J connectivity index is 2.62. The van der Waals surface area contributed by atoms with E-state index in [0.717, 1.165) is 29.9 Å². The molecule has 1 aromatic carbocycles. The summed E-state index contributed by atoms with van der Waals surface area (Å²) in [6.45, 7) is 0.649. The average Bonchev–Trinajstić information content (AvgIpc) is 2.57. The Labute approximate surface area is 108 Å². The van der Waals surface area contributed by atoms with E-state index >= 15 is 0 Å². The third-order valence-corrected chi connectivity index (χ3v) is 3.52. The summed E-state index contributed by atoms with van der Waals surface area (Å²) in [5, 5.41) is 9.66. The first-order valence-corrected chi connectivity index (χ1v) is 6.04. The molecule has 0 aromatic heterocycles. The molecule has 1 aromatic rings. The van der Waals surface area contributed by atoms with Crippen molar-refractivity contribution in [1.82, 2.24) is 4.90 Å². The van der Waals surface area contributed by atoms with Gasteiger partial charge in [0.1, 0.15) is 17.0 Å². The van der Waals surface area contributed by atoms with Gasteiger partial charge in [0.15, 0.2) is 0 Å². The van der Waals surface area contributed by atoms with Crippen LogP contribution in [-0.2, 0) is 5.54 Å². The Morgan fingerprint density at radius 2 is 2.22 bits per heavy atom. The first kappa shape index (κ1) is 12.7. The third kappa shape index (κ3) is 1.91. The molecule has 0 N–H and O–H groups in total. The number of hydrogen-bond donors (Lipinski definition) is 0. The predicted molar refractivity (Wildman–Crippen MR) is 68.7 cm³/mol. The van der Waals surface area contributed by atoms with E-state index in [9.17, 15) is 5.26 Å². The van der Waals surface area contributed by atoms with Gasteiger partial charge in [-0.3, -0.25) is 4.90 Å². The smallest absolute Gasteiger partial charge is 0.138 e. The van der Waals surface area contributed by atoms with Crippen molar-refractivity contribution in [2.45, 2.75) is 18.4 Å². The van der Waals surface area contributed by atoms with Gasteiger partial charge in [0, 0.05) is 5.56 Å². The highest BCUT2D eigenvalue weighted by molar-refractivity contribution is 5.48. The lowest BCUT2D eigenvalue weighted by Gasteiger charge is -2.33. The van der Waals surface area contributed by atoms with Crippen LogP contribution >= 0.6 is 0 Å². The lowest BCUT2D eigenvalue weighted by molar-refractivity contribution is 0.202. The summed E-state index contributed by atoms with van der Waals surface area (Å²) in [6.07, 6.45) is 1.62. The van der Waals surface area contributed by atoms with E-state index in [4.69, 9.17) is 9.47 Å². The summed E-state index contributed by atoms with van der Waals surface area (Å²) in [5.41, 5.74) is 0.257. The summed E-state index contributed by atoms with van der Waals surface area (Å²) in [5.74, 6) is 1.53. The lowest BCUT2D eigenvalue weighted by Crippen LogP contribution is -2.39. The van der Waals surface area contributed by atoms with Crippen molar-refractivity contribution in [3.05, 3.63) is 23.8 Å². The molecule has 2 rings (SSSR count). The van der Waals surface area contributed by atoms with Crippen molar-refractivity contribution in [3.8, 4) is 17.6 Å². The molecule has 0 fully saturated rings. The molecule has 0 bridgehead atoms. The van der Waals surface area contributed by atoms with Crippen LogP contribution in [0.1, 0.15) is 18.4 Å².